The molecule has 0 amide bonds. The van der Waals surface area contributed by atoms with Crippen LogP contribution in [0, 0.1) is 16.7 Å². The smallest absolute Gasteiger partial charge is 0.165 e. The van der Waals surface area contributed by atoms with Crippen molar-refractivity contribution in [1.82, 2.24) is 4.90 Å². The van der Waals surface area contributed by atoms with Crippen molar-refractivity contribution in [3.05, 3.63) is 42.0 Å². The highest BCUT2D eigenvalue weighted by molar-refractivity contribution is 5.99. The zero-order valence-corrected chi connectivity index (χ0v) is 18.0. The van der Waals surface area contributed by atoms with Crippen LogP contribution in [0.25, 0.3) is 5.57 Å². The monoisotopic (exact) mass is 411 g/mol. The van der Waals surface area contributed by atoms with Gasteiger partial charge in [-0.05, 0) is 41.5 Å². The molecule has 6 heteroatoms. The van der Waals surface area contributed by atoms with Crippen LogP contribution in [-0.2, 0) is 14.3 Å². The molecule has 1 aromatic rings. The summed E-state index contributed by atoms with van der Waals surface area (Å²) in [7, 11) is 4.95. The Morgan fingerprint density at radius 2 is 2.07 bits per heavy atom. The molecule has 160 valence electrons. The maximum Gasteiger partial charge on any atom is 0.165 e. The van der Waals surface area contributed by atoms with Gasteiger partial charge in [-0.3, -0.25) is 9.69 Å². The van der Waals surface area contributed by atoms with Crippen LogP contribution >= 0.6 is 0 Å². The molecule has 1 N–H and O–H groups in total. The maximum atomic E-state index is 13.4. The number of benzene rings is 1. The lowest BCUT2D eigenvalue weighted by Gasteiger charge is -2.60. The number of likely N-dealkylation sites (tertiary alicyclic amines) is 1. The van der Waals surface area contributed by atoms with Crippen LogP contribution in [0.3, 0.4) is 0 Å². The Hall–Kier alpha value is -2.15. The molecule has 1 aromatic carbocycles. The average Bonchev–Trinajstić information content (AvgIpc) is 2.92. The third kappa shape index (κ3) is 2.02. The first kappa shape index (κ1) is 19.8. The molecule has 6 atom stereocenters. The van der Waals surface area contributed by atoms with E-state index in [4.69, 9.17) is 14.2 Å². The molecule has 30 heavy (non-hydrogen) atoms. The number of likely N-dealkylation sites (N-methyl/N-ethyl adjacent to an activating group) is 1. The van der Waals surface area contributed by atoms with Crippen LogP contribution in [0.1, 0.15) is 24.0 Å². The fourth-order valence-corrected chi connectivity index (χ4v) is 7.20. The standard InChI is InChI=1S/C24H29NO5/c1-6-25-11-23(12-28-3)18(27)7-8-24-13(2)14-9-16(26)17(29-4)10-15(14)19(22(24)25)20(30-5)21(23)24/h7-10,19-22,26H,2,6,11-12H2,1,3-5H3/t19-,20-,21+,22?,23-,24+/m0/s1. The van der Waals surface area contributed by atoms with Crippen molar-refractivity contribution < 1.29 is 24.1 Å². The fraction of sp³-hybridized carbons (Fsp3) is 0.542. The maximum absolute atomic E-state index is 13.4. The van der Waals surface area contributed by atoms with Gasteiger partial charge in [-0.15, -0.1) is 0 Å². The van der Waals surface area contributed by atoms with Gasteiger partial charge in [0.05, 0.1) is 25.2 Å². The summed E-state index contributed by atoms with van der Waals surface area (Å²) in [6, 6.07) is 3.81. The summed E-state index contributed by atoms with van der Waals surface area (Å²) in [6.07, 6.45) is 3.63. The van der Waals surface area contributed by atoms with E-state index < -0.39 is 10.8 Å². The molecular weight excluding hydrogens is 382 g/mol. The molecule has 1 spiro atoms. The first-order valence-electron chi connectivity index (χ1n) is 10.5. The zero-order chi connectivity index (χ0) is 21.4. The first-order chi connectivity index (χ1) is 14.4. The molecule has 4 aliphatic rings. The Labute approximate surface area is 177 Å². The molecule has 0 radical (unpaired) electrons. The first-order valence-corrected chi connectivity index (χ1v) is 10.5. The van der Waals surface area contributed by atoms with Gasteiger partial charge < -0.3 is 19.3 Å². The Morgan fingerprint density at radius 3 is 2.70 bits per heavy atom. The number of rotatable bonds is 5. The van der Waals surface area contributed by atoms with Crippen LogP contribution in [0.2, 0.25) is 0 Å². The highest BCUT2D eigenvalue weighted by Crippen LogP contribution is 2.72. The minimum absolute atomic E-state index is 0.0317. The van der Waals surface area contributed by atoms with Crippen LogP contribution in [0.15, 0.2) is 30.9 Å². The van der Waals surface area contributed by atoms with E-state index in [1.54, 1.807) is 33.5 Å². The molecule has 1 aliphatic heterocycles. The number of phenols is 1. The van der Waals surface area contributed by atoms with Crippen LogP contribution in [0.4, 0.5) is 0 Å². The molecule has 6 nitrogen and oxygen atoms in total. The number of piperidine rings is 1. The molecule has 3 aliphatic carbocycles. The van der Waals surface area contributed by atoms with Gasteiger partial charge in [-0.2, -0.15) is 0 Å². The summed E-state index contributed by atoms with van der Waals surface area (Å²) < 4.78 is 17.3. The quantitative estimate of drug-likeness (QED) is 0.803. The number of ether oxygens (including phenoxy) is 3. The van der Waals surface area contributed by atoms with E-state index >= 15 is 0 Å². The third-order valence-electron chi connectivity index (χ3n) is 8.14. The van der Waals surface area contributed by atoms with Crippen molar-refractivity contribution in [2.45, 2.75) is 25.0 Å². The number of aromatic hydroxyl groups is 1. The highest BCUT2D eigenvalue weighted by atomic mass is 16.5. The molecule has 5 bridgehead atoms. The van der Waals surface area contributed by atoms with Gasteiger partial charge >= 0.3 is 0 Å². The summed E-state index contributed by atoms with van der Waals surface area (Å²) in [5.41, 5.74) is 1.80. The Bertz CT molecular complexity index is 971. The van der Waals surface area contributed by atoms with Crippen LogP contribution in [-0.4, -0.2) is 69.0 Å². The van der Waals surface area contributed by atoms with Crippen molar-refractivity contribution in [3.63, 3.8) is 0 Å². The molecule has 1 saturated carbocycles. The minimum Gasteiger partial charge on any atom is -0.504 e. The molecule has 0 aromatic heterocycles. The third-order valence-corrected chi connectivity index (χ3v) is 8.14. The lowest BCUT2D eigenvalue weighted by atomic mass is 9.50. The Kier molecular flexibility index (Phi) is 4.24. The lowest BCUT2D eigenvalue weighted by molar-refractivity contribution is -0.150. The number of phenolic OH excluding ortho intramolecular Hbond substituents is 1. The second-order valence-corrected chi connectivity index (χ2v) is 9.02. The van der Waals surface area contributed by atoms with Crippen molar-refractivity contribution in [3.8, 4) is 11.5 Å². The van der Waals surface area contributed by atoms with E-state index in [9.17, 15) is 9.90 Å². The number of hydrogen-bond acceptors (Lipinski definition) is 6. The number of ketones is 1. The summed E-state index contributed by atoms with van der Waals surface area (Å²) in [4.78, 5) is 15.8. The van der Waals surface area contributed by atoms with E-state index in [0.717, 1.165) is 23.2 Å². The zero-order valence-electron chi connectivity index (χ0n) is 18.0. The SMILES string of the molecule is C=C1c2cc(O)c(OC)cc2[C@@H]2C3N(CC)C[C@]4(COC)C(=O)C=C[C@]13[C@@H]4[C@H]2OC. The van der Waals surface area contributed by atoms with Gasteiger partial charge in [0.2, 0.25) is 0 Å². The second-order valence-electron chi connectivity index (χ2n) is 9.02. The van der Waals surface area contributed by atoms with Gasteiger partial charge in [-0.1, -0.05) is 19.6 Å². The summed E-state index contributed by atoms with van der Waals surface area (Å²) in [5.74, 6) is 0.588. The number of methoxy groups -OCH3 is 3. The summed E-state index contributed by atoms with van der Waals surface area (Å²) in [6.45, 7) is 8.48. The minimum atomic E-state index is -0.692. The summed E-state index contributed by atoms with van der Waals surface area (Å²) in [5, 5.41) is 10.5. The number of hydrogen-bond donors (Lipinski definition) is 1. The number of carbonyl (C=O) groups is 1. The van der Waals surface area contributed by atoms with Gasteiger partial charge in [0.15, 0.2) is 17.3 Å². The topological polar surface area (TPSA) is 68.2 Å². The number of allylic oxidation sites excluding steroid dienone is 1. The van der Waals surface area contributed by atoms with Crippen molar-refractivity contribution in [1.29, 1.82) is 0 Å². The molecular formula is C24H29NO5. The van der Waals surface area contributed by atoms with Crippen molar-refractivity contribution in [2.24, 2.45) is 16.7 Å². The Balaban J connectivity index is 1.85. The Morgan fingerprint density at radius 1 is 1.30 bits per heavy atom. The lowest BCUT2D eigenvalue weighted by Crippen LogP contribution is -2.67. The summed E-state index contributed by atoms with van der Waals surface area (Å²) >= 11 is 0. The number of nitrogens with zero attached hydrogens (tertiary/aromatic N) is 1. The molecule has 5 rings (SSSR count). The molecule has 1 heterocycles. The van der Waals surface area contributed by atoms with E-state index in [1.807, 2.05) is 6.07 Å². The largest absolute Gasteiger partial charge is 0.504 e. The van der Waals surface area contributed by atoms with Gasteiger partial charge in [0, 0.05) is 44.1 Å². The predicted octanol–water partition coefficient (Wildman–Crippen LogP) is 2.62. The van der Waals surface area contributed by atoms with E-state index in [0.29, 0.717) is 18.9 Å². The van der Waals surface area contributed by atoms with Crippen molar-refractivity contribution >= 4 is 11.4 Å². The van der Waals surface area contributed by atoms with Crippen LogP contribution < -0.4 is 4.74 Å². The van der Waals surface area contributed by atoms with E-state index in [2.05, 4.69) is 24.5 Å². The van der Waals surface area contributed by atoms with Crippen LogP contribution in [0.5, 0.6) is 11.5 Å². The van der Waals surface area contributed by atoms with E-state index in [-0.39, 0.29) is 35.5 Å². The molecule has 1 saturated heterocycles. The van der Waals surface area contributed by atoms with Gasteiger partial charge in [0.25, 0.3) is 0 Å². The normalized spacial score (nSPS) is 38.7. The number of carbonyl (C=O) groups excluding carboxylic acids is 1. The van der Waals surface area contributed by atoms with Crippen molar-refractivity contribution in [2.75, 3.05) is 41.0 Å². The fourth-order valence-electron chi connectivity index (χ4n) is 7.20. The molecule has 1 unspecified atom stereocenters. The van der Waals surface area contributed by atoms with Gasteiger partial charge in [-0.25, -0.2) is 0 Å². The molecule has 2 fully saturated rings. The van der Waals surface area contributed by atoms with E-state index in [1.165, 1.54) is 0 Å². The predicted molar refractivity (Wildman–Crippen MR) is 113 cm³/mol. The average molecular weight is 411 g/mol. The second kappa shape index (κ2) is 6.42. The van der Waals surface area contributed by atoms with Gasteiger partial charge in [0.1, 0.15) is 0 Å². The highest BCUT2D eigenvalue weighted by Gasteiger charge is 2.76. The number of fused-ring (bicyclic) bond motifs is 2.